The highest BCUT2D eigenvalue weighted by atomic mass is 35.5. The van der Waals surface area contributed by atoms with Crippen LogP contribution in [0.2, 0.25) is 0 Å². The van der Waals surface area contributed by atoms with Crippen molar-refractivity contribution in [2.75, 3.05) is 0 Å². The average molecular weight is 447 g/mol. The van der Waals surface area contributed by atoms with Gasteiger partial charge in [0.1, 0.15) is 5.56 Å². The molecule has 3 nitrogen and oxygen atoms in total. The molecular formula is C26H51ClO3. The number of halogens is 1. The second kappa shape index (κ2) is 23.4. The maximum absolute atomic E-state index is 10.5. The second-order valence-electron chi connectivity index (χ2n) is 8.98. The van der Waals surface area contributed by atoms with E-state index >= 15 is 0 Å². The van der Waals surface area contributed by atoms with Crippen LogP contribution < -0.4 is 0 Å². The zero-order chi connectivity index (χ0) is 22.3. The first-order chi connectivity index (χ1) is 14.6. The van der Waals surface area contributed by atoms with Crippen molar-refractivity contribution in [3.8, 4) is 0 Å². The van der Waals surface area contributed by atoms with Gasteiger partial charge in [-0.3, -0.25) is 4.79 Å². The van der Waals surface area contributed by atoms with E-state index in [9.17, 15) is 4.79 Å². The molecule has 0 aliphatic rings. The first-order valence-electron chi connectivity index (χ1n) is 13.1. The number of hydrogen-bond donors (Lipinski definition) is 1. The minimum Gasteiger partial charge on any atom is -0.481 e. The summed E-state index contributed by atoms with van der Waals surface area (Å²) in [6.45, 7) is 4.43. The van der Waals surface area contributed by atoms with Gasteiger partial charge >= 0.3 is 5.97 Å². The molecule has 0 aromatic carbocycles. The lowest BCUT2D eigenvalue weighted by atomic mass is 10.0. The zero-order valence-corrected chi connectivity index (χ0v) is 20.9. The Kier molecular flexibility index (Phi) is 23.2. The smallest absolute Gasteiger partial charge is 0.303 e. The normalized spacial score (nSPS) is 13.4. The van der Waals surface area contributed by atoms with E-state index in [-0.39, 0.29) is 5.56 Å². The molecule has 0 spiro atoms. The molecular weight excluding hydrogens is 396 g/mol. The molecule has 0 radical (unpaired) electrons. The molecule has 2 unspecified atom stereocenters. The number of carboxylic acid groups (broad SMARTS) is 1. The fraction of sp³-hybridized carbons (Fsp3) is 0.962. The molecule has 0 fully saturated rings. The summed E-state index contributed by atoms with van der Waals surface area (Å²) < 4.78 is 6.16. The van der Waals surface area contributed by atoms with E-state index in [4.69, 9.17) is 21.4 Å². The SMILES string of the molecule is CCCCCCCCCC(CCCCCCCCCCCC(=O)O)OC(Cl)CCC. The molecule has 0 aromatic rings. The lowest BCUT2D eigenvalue weighted by Gasteiger charge is -2.21. The summed E-state index contributed by atoms with van der Waals surface area (Å²) in [6, 6.07) is 0. The van der Waals surface area contributed by atoms with Crippen LogP contribution in [0.3, 0.4) is 0 Å². The molecule has 0 saturated heterocycles. The highest BCUT2D eigenvalue weighted by Gasteiger charge is 2.14. The summed E-state index contributed by atoms with van der Waals surface area (Å²) in [7, 11) is 0. The molecule has 0 saturated carbocycles. The van der Waals surface area contributed by atoms with Crippen LogP contribution in [0.5, 0.6) is 0 Å². The Bertz CT molecular complexity index is 362. The fourth-order valence-corrected chi connectivity index (χ4v) is 4.36. The van der Waals surface area contributed by atoms with Gasteiger partial charge in [0.25, 0.3) is 0 Å². The minimum absolute atomic E-state index is 0.120. The number of carbonyl (C=O) groups is 1. The Hall–Kier alpha value is -0.280. The van der Waals surface area contributed by atoms with Gasteiger partial charge in [0, 0.05) is 6.42 Å². The number of rotatable bonds is 24. The third kappa shape index (κ3) is 22.4. The van der Waals surface area contributed by atoms with Gasteiger partial charge in [-0.2, -0.15) is 0 Å². The first kappa shape index (κ1) is 29.7. The van der Waals surface area contributed by atoms with Gasteiger partial charge in [0.05, 0.1) is 6.10 Å². The van der Waals surface area contributed by atoms with Crippen LogP contribution in [0, 0.1) is 0 Å². The Balaban J connectivity index is 3.75. The molecule has 0 amide bonds. The van der Waals surface area contributed by atoms with Crippen LogP contribution in [0.15, 0.2) is 0 Å². The Morgan fingerprint density at radius 1 is 0.667 bits per heavy atom. The average Bonchev–Trinajstić information content (AvgIpc) is 2.71. The van der Waals surface area contributed by atoms with E-state index in [1.54, 1.807) is 0 Å². The molecule has 0 heterocycles. The third-order valence-corrected chi connectivity index (χ3v) is 6.22. The zero-order valence-electron chi connectivity index (χ0n) is 20.1. The van der Waals surface area contributed by atoms with Crippen molar-refractivity contribution in [2.45, 2.75) is 160 Å². The minimum atomic E-state index is -0.667. The van der Waals surface area contributed by atoms with Crippen LogP contribution in [0.1, 0.15) is 149 Å². The summed E-state index contributed by atoms with van der Waals surface area (Å²) in [5.74, 6) is -0.667. The molecule has 2 atom stereocenters. The summed E-state index contributed by atoms with van der Waals surface area (Å²) in [4.78, 5) is 10.5. The predicted octanol–water partition coefficient (Wildman–Crippen LogP) is 9.25. The number of carboxylic acids is 1. The highest BCUT2D eigenvalue weighted by Crippen LogP contribution is 2.21. The molecule has 180 valence electrons. The number of alkyl halides is 1. The predicted molar refractivity (Wildman–Crippen MR) is 130 cm³/mol. The van der Waals surface area contributed by atoms with Gasteiger partial charge in [-0.1, -0.05) is 128 Å². The van der Waals surface area contributed by atoms with E-state index in [1.165, 1.54) is 89.9 Å². The molecule has 0 aromatic heterocycles. The molecule has 0 aliphatic carbocycles. The Labute approximate surface area is 192 Å². The van der Waals surface area contributed by atoms with E-state index in [0.717, 1.165) is 38.5 Å². The van der Waals surface area contributed by atoms with Gasteiger partial charge in [0.2, 0.25) is 0 Å². The van der Waals surface area contributed by atoms with Crippen molar-refractivity contribution in [3.05, 3.63) is 0 Å². The first-order valence-corrected chi connectivity index (χ1v) is 13.5. The van der Waals surface area contributed by atoms with Crippen molar-refractivity contribution < 1.29 is 14.6 Å². The second-order valence-corrected chi connectivity index (χ2v) is 9.47. The molecule has 4 heteroatoms. The van der Waals surface area contributed by atoms with Crippen LogP contribution in [0.4, 0.5) is 0 Å². The maximum Gasteiger partial charge on any atom is 0.303 e. The highest BCUT2D eigenvalue weighted by molar-refractivity contribution is 6.19. The van der Waals surface area contributed by atoms with E-state index in [1.807, 2.05) is 0 Å². The van der Waals surface area contributed by atoms with Crippen molar-refractivity contribution >= 4 is 17.6 Å². The Morgan fingerprint density at radius 3 is 1.53 bits per heavy atom. The van der Waals surface area contributed by atoms with E-state index in [0.29, 0.717) is 12.5 Å². The number of aliphatic carboxylic acids is 1. The summed E-state index contributed by atoms with van der Waals surface area (Å²) in [5.41, 5.74) is -0.120. The van der Waals surface area contributed by atoms with Gasteiger partial charge in [-0.25, -0.2) is 0 Å². The van der Waals surface area contributed by atoms with Crippen LogP contribution in [-0.2, 0) is 9.53 Å². The molecule has 0 rings (SSSR count). The standard InChI is InChI=1S/C26H51ClO3/c1-3-5-6-7-11-14-17-21-24(30-25(27)20-4-2)22-18-15-12-9-8-10-13-16-19-23-26(28)29/h24-25H,3-23H2,1-2H3,(H,28,29). The van der Waals surface area contributed by atoms with Crippen molar-refractivity contribution in [3.63, 3.8) is 0 Å². The molecule has 0 aliphatic heterocycles. The number of ether oxygens (including phenoxy) is 1. The van der Waals surface area contributed by atoms with Crippen LogP contribution in [-0.4, -0.2) is 22.7 Å². The summed E-state index contributed by atoms with van der Waals surface area (Å²) >= 11 is 6.37. The van der Waals surface area contributed by atoms with Gasteiger partial charge < -0.3 is 9.84 Å². The fourth-order valence-electron chi connectivity index (χ4n) is 4.00. The van der Waals surface area contributed by atoms with Gasteiger partial charge in [0.15, 0.2) is 0 Å². The van der Waals surface area contributed by atoms with Crippen molar-refractivity contribution in [2.24, 2.45) is 0 Å². The third-order valence-electron chi connectivity index (χ3n) is 5.90. The molecule has 0 bridgehead atoms. The number of unbranched alkanes of at least 4 members (excludes halogenated alkanes) is 14. The van der Waals surface area contributed by atoms with Crippen LogP contribution >= 0.6 is 11.6 Å². The summed E-state index contributed by atoms with van der Waals surface area (Å²) in [5, 5.41) is 8.63. The topological polar surface area (TPSA) is 46.5 Å². The lowest BCUT2D eigenvalue weighted by Crippen LogP contribution is -2.18. The van der Waals surface area contributed by atoms with Gasteiger partial charge in [-0.15, -0.1) is 0 Å². The van der Waals surface area contributed by atoms with Crippen molar-refractivity contribution in [1.82, 2.24) is 0 Å². The van der Waals surface area contributed by atoms with Gasteiger partial charge in [-0.05, 0) is 25.7 Å². The monoisotopic (exact) mass is 446 g/mol. The quantitative estimate of drug-likeness (QED) is 0.119. The van der Waals surface area contributed by atoms with E-state index in [2.05, 4.69) is 13.8 Å². The van der Waals surface area contributed by atoms with Crippen molar-refractivity contribution in [1.29, 1.82) is 0 Å². The summed E-state index contributed by atoms with van der Waals surface area (Å²) in [6.07, 6.45) is 25.2. The molecule has 30 heavy (non-hydrogen) atoms. The Morgan fingerprint density at radius 2 is 1.10 bits per heavy atom. The van der Waals surface area contributed by atoms with Crippen LogP contribution in [0.25, 0.3) is 0 Å². The lowest BCUT2D eigenvalue weighted by molar-refractivity contribution is -0.137. The largest absolute Gasteiger partial charge is 0.481 e. The molecule has 1 N–H and O–H groups in total. The number of hydrogen-bond acceptors (Lipinski definition) is 2. The maximum atomic E-state index is 10.5. The van der Waals surface area contributed by atoms with E-state index < -0.39 is 5.97 Å².